The van der Waals surface area contributed by atoms with Gasteiger partial charge in [0, 0.05) is 52.0 Å². The van der Waals surface area contributed by atoms with Crippen LogP contribution in [0, 0.1) is 5.92 Å². The molecule has 1 saturated heterocycles. The van der Waals surface area contributed by atoms with Crippen LogP contribution in [0.2, 0.25) is 0 Å². The van der Waals surface area contributed by atoms with E-state index in [4.69, 9.17) is 18.9 Å². The number of rotatable bonds is 11. The number of pyridine rings is 1. The maximum Gasteiger partial charge on any atom is 0.333 e. The van der Waals surface area contributed by atoms with Gasteiger partial charge in [-0.2, -0.15) is 4.98 Å². The van der Waals surface area contributed by atoms with Crippen molar-refractivity contribution in [2.75, 3.05) is 32.2 Å². The molecule has 1 saturated carbocycles. The quantitative estimate of drug-likeness (QED) is 0.147. The number of aromatic nitrogens is 3. The highest BCUT2D eigenvalue weighted by molar-refractivity contribution is 5.82. The Morgan fingerprint density at radius 1 is 0.765 bits per heavy atom. The Morgan fingerprint density at radius 2 is 1.39 bits per heavy atom. The molecule has 1 aliphatic heterocycles. The number of imidazole rings is 1. The lowest BCUT2D eigenvalue weighted by Gasteiger charge is -2.31. The molecule has 2 fully saturated rings. The summed E-state index contributed by atoms with van der Waals surface area (Å²) in [6.07, 6.45) is 7.88. The van der Waals surface area contributed by atoms with Gasteiger partial charge >= 0.3 is 5.69 Å². The fourth-order valence-electron chi connectivity index (χ4n) is 7.00. The third-order valence-corrected chi connectivity index (χ3v) is 9.87. The van der Waals surface area contributed by atoms with Gasteiger partial charge in [-0.05, 0) is 61.1 Å². The smallest absolute Gasteiger partial charge is 0.333 e. The Bertz CT molecular complexity index is 1880. The molecule has 2 aromatic heterocycles. The Labute approximate surface area is 300 Å². The minimum Gasteiger partial charge on any atom is -0.473 e. The molecule has 0 amide bonds. The first-order chi connectivity index (χ1) is 24.9. The molecule has 51 heavy (non-hydrogen) atoms. The molecule has 3 aromatic carbocycles. The monoisotopic (exact) mass is 694 g/mol. The van der Waals surface area contributed by atoms with Crippen molar-refractivity contribution >= 4 is 16.7 Å². The van der Waals surface area contributed by atoms with Crippen molar-refractivity contribution in [2.24, 2.45) is 13.0 Å². The zero-order valence-electron chi connectivity index (χ0n) is 29.9. The van der Waals surface area contributed by atoms with E-state index in [9.17, 15) is 9.90 Å². The Morgan fingerprint density at radius 3 is 2.02 bits per heavy atom. The maximum absolute atomic E-state index is 13.6. The molecule has 7 rings (SSSR count). The minimum absolute atomic E-state index is 0.0373. The number of piperidine rings is 1. The van der Waals surface area contributed by atoms with Crippen LogP contribution in [0.5, 0.6) is 11.8 Å². The van der Waals surface area contributed by atoms with Crippen molar-refractivity contribution in [3.05, 3.63) is 113 Å². The first kappa shape index (κ1) is 36.2. The van der Waals surface area contributed by atoms with Crippen LogP contribution < -0.4 is 20.1 Å². The predicted octanol–water partition coefficient (Wildman–Crippen LogP) is 7.03. The second-order valence-corrected chi connectivity index (χ2v) is 13.3. The summed E-state index contributed by atoms with van der Waals surface area (Å²) in [7, 11) is 5.23. The number of aliphatic hydroxyl groups is 1. The molecular weight excluding hydrogens is 644 g/mol. The molecule has 3 heterocycles. The minimum atomic E-state index is -0.244. The molecule has 2 aliphatic rings. The summed E-state index contributed by atoms with van der Waals surface area (Å²) in [4.78, 5) is 20.5. The second kappa shape index (κ2) is 17.5. The van der Waals surface area contributed by atoms with Crippen molar-refractivity contribution < 1.29 is 24.1 Å². The van der Waals surface area contributed by atoms with Crippen molar-refractivity contribution in [1.29, 1.82) is 0 Å². The van der Waals surface area contributed by atoms with Gasteiger partial charge in [-0.1, -0.05) is 79.9 Å². The molecule has 1 aliphatic carbocycles. The number of fused-ring (bicyclic) bond motifs is 1. The normalized spacial score (nSPS) is 15.5. The molecule has 0 atom stereocenters. The number of hydrogen-bond donors (Lipinski definition) is 1. The van der Waals surface area contributed by atoms with Gasteiger partial charge in [0.25, 0.3) is 0 Å². The highest BCUT2D eigenvalue weighted by Gasteiger charge is 2.23. The van der Waals surface area contributed by atoms with Gasteiger partial charge in [0.2, 0.25) is 11.8 Å². The van der Waals surface area contributed by atoms with Gasteiger partial charge in [-0.3, -0.25) is 9.13 Å². The number of aryl methyl sites for hydroxylation is 1. The van der Waals surface area contributed by atoms with E-state index in [-0.39, 0.29) is 18.1 Å². The Hall–Kier alpha value is -4.64. The molecule has 10 nitrogen and oxygen atoms in total. The maximum atomic E-state index is 13.6. The predicted molar refractivity (Wildman–Crippen MR) is 200 cm³/mol. The van der Waals surface area contributed by atoms with E-state index in [1.807, 2.05) is 84.9 Å². The largest absolute Gasteiger partial charge is 0.473 e. The van der Waals surface area contributed by atoms with Crippen LogP contribution in [0.3, 0.4) is 0 Å². The summed E-state index contributed by atoms with van der Waals surface area (Å²) in [6, 6.07) is 29.4. The van der Waals surface area contributed by atoms with Gasteiger partial charge in [0.15, 0.2) is 6.29 Å². The molecule has 5 aromatic rings. The molecular formula is C41H50N4O6. The zero-order chi connectivity index (χ0) is 35.6. The molecule has 10 heteroatoms. The zero-order valence-corrected chi connectivity index (χ0v) is 29.9. The van der Waals surface area contributed by atoms with E-state index >= 15 is 0 Å². The van der Waals surface area contributed by atoms with Crippen molar-refractivity contribution in [3.63, 3.8) is 0 Å². The van der Waals surface area contributed by atoms with E-state index in [0.29, 0.717) is 36.6 Å². The fraction of sp³-hybridized carbons (Fsp3) is 0.415. The third-order valence-electron chi connectivity index (χ3n) is 9.87. The van der Waals surface area contributed by atoms with Crippen molar-refractivity contribution in [1.82, 2.24) is 14.1 Å². The second-order valence-electron chi connectivity index (χ2n) is 13.3. The lowest BCUT2D eigenvalue weighted by molar-refractivity contribution is -0.143. The SMILES string of the molecule is COC(OC)C1CCCCC1.Cn1c(=O)n(-c2ccc(OCc3ccccc3)nc2OCc2ccccc2)c2ccc(N3CCC(O)CC3)cc21. The number of methoxy groups -OCH3 is 2. The number of ether oxygens (including phenoxy) is 4. The summed E-state index contributed by atoms with van der Waals surface area (Å²) >= 11 is 0. The molecule has 0 bridgehead atoms. The Balaban J connectivity index is 0.000000349. The standard InChI is InChI=1S/C32H32N4O4.C9H18O2/c1-34-29-20-25(35-18-16-26(37)17-19-35)12-13-27(29)36(32(34)38)28-14-15-30(39-21-23-8-4-2-5-9-23)33-31(28)40-22-24-10-6-3-7-11-24;1-10-9(11-2)8-6-4-3-5-7-8/h2-15,20,26,37H,16-19,21-22H2,1H3;8-9H,3-7H2,1-2H3. The summed E-state index contributed by atoms with van der Waals surface area (Å²) in [5.74, 6) is 1.37. The van der Waals surface area contributed by atoms with Crippen LogP contribution >= 0.6 is 0 Å². The average Bonchev–Trinajstić information content (AvgIpc) is 3.43. The first-order valence-electron chi connectivity index (χ1n) is 18.0. The third kappa shape index (κ3) is 9.00. The molecule has 1 N–H and O–H groups in total. The number of benzene rings is 3. The lowest BCUT2D eigenvalue weighted by Crippen LogP contribution is -2.35. The van der Waals surface area contributed by atoms with E-state index in [2.05, 4.69) is 9.88 Å². The summed E-state index contributed by atoms with van der Waals surface area (Å²) < 4.78 is 25.9. The van der Waals surface area contributed by atoms with Crippen LogP contribution in [0.15, 0.2) is 95.8 Å². The van der Waals surface area contributed by atoms with Crippen LogP contribution in [0.4, 0.5) is 5.69 Å². The van der Waals surface area contributed by atoms with Gasteiger partial charge in [-0.15, -0.1) is 0 Å². The van der Waals surface area contributed by atoms with Crippen molar-refractivity contribution in [3.8, 4) is 17.4 Å². The summed E-state index contributed by atoms with van der Waals surface area (Å²) in [5.41, 5.74) is 5.00. The van der Waals surface area contributed by atoms with Gasteiger partial charge in [0.05, 0.1) is 17.1 Å². The average molecular weight is 695 g/mol. The fourth-order valence-corrected chi connectivity index (χ4v) is 7.00. The van der Waals surface area contributed by atoms with Crippen molar-refractivity contribution in [2.45, 2.75) is 70.6 Å². The topological polar surface area (TPSA) is 100 Å². The van der Waals surface area contributed by atoms with Gasteiger partial charge in [-0.25, -0.2) is 4.79 Å². The number of anilines is 1. The highest BCUT2D eigenvalue weighted by Crippen LogP contribution is 2.31. The van der Waals surface area contributed by atoms with Gasteiger partial charge in [0.1, 0.15) is 18.9 Å². The van der Waals surface area contributed by atoms with Crippen LogP contribution in [0.25, 0.3) is 16.7 Å². The van der Waals surface area contributed by atoms with E-state index in [1.54, 1.807) is 36.5 Å². The lowest BCUT2D eigenvalue weighted by atomic mass is 9.89. The van der Waals surface area contributed by atoms with E-state index in [1.165, 1.54) is 32.1 Å². The van der Waals surface area contributed by atoms with E-state index in [0.717, 1.165) is 53.8 Å². The number of aliphatic hydroxyl groups excluding tert-OH is 1. The molecule has 0 radical (unpaired) electrons. The summed E-state index contributed by atoms with van der Waals surface area (Å²) in [5, 5.41) is 9.91. The van der Waals surface area contributed by atoms with Crippen LogP contribution in [-0.2, 0) is 29.7 Å². The van der Waals surface area contributed by atoms with Gasteiger partial charge < -0.3 is 29.0 Å². The molecule has 0 unspecified atom stereocenters. The first-order valence-corrected chi connectivity index (χ1v) is 18.0. The Kier molecular flexibility index (Phi) is 12.4. The molecule has 0 spiro atoms. The van der Waals surface area contributed by atoms with Crippen LogP contribution in [0.1, 0.15) is 56.1 Å². The number of nitrogens with zero attached hydrogens (tertiary/aromatic N) is 4. The highest BCUT2D eigenvalue weighted by atomic mass is 16.7. The summed E-state index contributed by atoms with van der Waals surface area (Å²) in [6.45, 7) is 2.24. The molecule has 270 valence electrons. The van der Waals surface area contributed by atoms with Crippen LogP contribution in [-0.4, -0.2) is 58.9 Å². The number of hydrogen-bond acceptors (Lipinski definition) is 8. The van der Waals surface area contributed by atoms with E-state index < -0.39 is 0 Å².